The lowest BCUT2D eigenvalue weighted by Gasteiger charge is -2.07. The minimum atomic E-state index is -0.716. The molecule has 0 radical (unpaired) electrons. The van der Waals surface area contributed by atoms with Gasteiger partial charge >= 0.3 is 5.00 Å². The van der Waals surface area contributed by atoms with Crippen molar-refractivity contribution in [3.05, 3.63) is 55.4 Å². The first-order chi connectivity index (χ1) is 8.97. The maximum atomic E-state index is 13.4. The van der Waals surface area contributed by atoms with Crippen molar-refractivity contribution in [3.63, 3.8) is 0 Å². The van der Waals surface area contributed by atoms with Gasteiger partial charge in [0.2, 0.25) is 0 Å². The number of halogens is 3. The van der Waals surface area contributed by atoms with Crippen LogP contribution in [0.5, 0.6) is 0 Å². The highest BCUT2D eigenvalue weighted by molar-refractivity contribution is 9.10. The fourth-order valence-electron chi connectivity index (χ4n) is 1.40. The van der Waals surface area contributed by atoms with E-state index in [4.69, 9.17) is 0 Å². The lowest BCUT2D eigenvalue weighted by atomic mass is 10.3. The second kappa shape index (κ2) is 5.62. The summed E-state index contributed by atoms with van der Waals surface area (Å²) < 4.78 is 26.6. The average molecular weight is 349 g/mol. The number of benzene rings is 1. The number of nitro groups is 1. The number of hydrogen-bond donors (Lipinski definition) is 1. The molecule has 0 unspecified atom stereocenters. The van der Waals surface area contributed by atoms with Crippen LogP contribution in [-0.4, -0.2) is 4.92 Å². The summed E-state index contributed by atoms with van der Waals surface area (Å²) in [6.45, 7) is 0.230. The second-order valence-corrected chi connectivity index (χ2v) is 5.60. The monoisotopic (exact) mass is 348 g/mol. The Balaban J connectivity index is 2.09. The van der Waals surface area contributed by atoms with Gasteiger partial charge in [0.05, 0.1) is 15.1 Å². The molecule has 1 aromatic heterocycles. The van der Waals surface area contributed by atoms with E-state index in [9.17, 15) is 18.9 Å². The first kappa shape index (κ1) is 13.9. The third-order valence-electron chi connectivity index (χ3n) is 2.29. The van der Waals surface area contributed by atoms with Gasteiger partial charge in [0, 0.05) is 23.6 Å². The molecule has 19 heavy (non-hydrogen) atoms. The van der Waals surface area contributed by atoms with Crippen LogP contribution in [0.15, 0.2) is 28.7 Å². The number of nitrogens with zero attached hydrogens (tertiary/aromatic N) is 1. The van der Waals surface area contributed by atoms with Crippen molar-refractivity contribution in [1.82, 2.24) is 0 Å². The predicted molar refractivity (Wildman–Crippen MR) is 72.4 cm³/mol. The predicted octanol–water partition coefficient (Wildman–Crippen LogP) is 4.31. The molecular formula is C11H7BrF2N2O2S. The molecule has 1 N–H and O–H groups in total. The zero-order valence-electron chi connectivity index (χ0n) is 9.32. The van der Waals surface area contributed by atoms with Gasteiger partial charge in [-0.3, -0.25) is 10.1 Å². The van der Waals surface area contributed by atoms with Crippen LogP contribution in [-0.2, 0) is 6.54 Å². The molecule has 0 amide bonds. The van der Waals surface area contributed by atoms with E-state index in [0.717, 1.165) is 17.4 Å². The summed E-state index contributed by atoms with van der Waals surface area (Å²) in [5.41, 5.74) is 0.129. The molecule has 0 aliphatic heterocycles. The molecule has 4 nitrogen and oxygen atoms in total. The largest absolute Gasteiger partial charge is 0.378 e. The standard InChI is InChI=1S/C11H7BrF2N2O2S/c12-7-3-10(9(14)4-8(7)13)15-5-6-1-2-11(19-6)16(17)18/h1-4,15H,5H2. The summed E-state index contributed by atoms with van der Waals surface area (Å²) in [7, 11) is 0. The van der Waals surface area contributed by atoms with E-state index in [2.05, 4.69) is 21.2 Å². The topological polar surface area (TPSA) is 55.2 Å². The third-order valence-corrected chi connectivity index (χ3v) is 3.94. The van der Waals surface area contributed by atoms with E-state index in [1.165, 1.54) is 12.1 Å². The molecule has 2 rings (SSSR count). The van der Waals surface area contributed by atoms with Crippen LogP contribution < -0.4 is 5.32 Å². The van der Waals surface area contributed by atoms with Gasteiger partial charge < -0.3 is 5.32 Å². The highest BCUT2D eigenvalue weighted by atomic mass is 79.9. The summed E-state index contributed by atoms with van der Waals surface area (Å²) in [6, 6.07) is 5.03. The van der Waals surface area contributed by atoms with Crippen molar-refractivity contribution in [3.8, 4) is 0 Å². The Kier molecular flexibility index (Phi) is 4.11. The minimum absolute atomic E-state index is 0.0255. The van der Waals surface area contributed by atoms with Gasteiger partial charge in [-0.15, -0.1) is 0 Å². The summed E-state index contributed by atoms with van der Waals surface area (Å²) in [5.74, 6) is -1.40. The zero-order valence-corrected chi connectivity index (χ0v) is 11.7. The maximum Gasteiger partial charge on any atom is 0.324 e. The van der Waals surface area contributed by atoms with Crippen molar-refractivity contribution in [2.75, 3.05) is 5.32 Å². The molecule has 0 spiro atoms. The summed E-state index contributed by atoms with van der Waals surface area (Å²) in [6.07, 6.45) is 0. The van der Waals surface area contributed by atoms with E-state index in [1.807, 2.05) is 0 Å². The molecule has 1 aromatic carbocycles. The van der Waals surface area contributed by atoms with Gasteiger partial charge in [0.1, 0.15) is 11.6 Å². The number of thiophene rings is 1. The fourth-order valence-corrected chi connectivity index (χ4v) is 2.50. The number of nitrogens with one attached hydrogen (secondary N) is 1. The molecule has 100 valence electrons. The molecule has 0 aliphatic rings. The Hall–Kier alpha value is -1.54. The van der Waals surface area contributed by atoms with Crippen LogP contribution in [0.4, 0.5) is 19.5 Å². The SMILES string of the molecule is O=[N+]([O-])c1ccc(CNc2cc(Br)c(F)cc2F)s1. The summed E-state index contributed by atoms with van der Waals surface area (Å²) in [4.78, 5) is 10.7. The Morgan fingerprint density at radius 3 is 2.68 bits per heavy atom. The lowest BCUT2D eigenvalue weighted by molar-refractivity contribution is -0.380. The normalized spacial score (nSPS) is 10.5. The molecule has 0 bridgehead atoms. The van der Waals surface area contributed by atoms with Crippen LogP contribution in [0.2, 0.25) is 0 Å². The van der Waals surface area contributed by atoms with E-state index in [-0.39, 0.29) is 21.7 Å². The summed E-state index contributed by atoms with van der Waals surface area (Å²) in [5, 5.41) is 13.3. The van der Waals surface area contributed by atoms with Crippen LogP contribution in [0, 0.1) is 21.7 Å². The van der Waals surface area contributed by atoms with E-state index in [0.29, 0.717) is 4.88 Å². The minimum Gasteiger partial charge on any atom is -0.378 e. The van der Waals surface area contributed by atoms with Crippen LogP contribution in [0.1, 0.15) is 4.88 Å². The van der Waals surface area contributed by atoms with Crippen LogP contribution in [0.3, 0.4) is 0 Å². The first-order valence-corrected chi connectivity index (χ1v) is 6.70. The van der Waals surface area contributed by atoms with Crippen molar-refractivity contribution < 1.29 is 13.7 Å². The quantitative estimate of drug-likeness (QED) is 0.508. The molecular weight excluding hydrogens is 342 g/mol. The third kappa shape index (κ3) is 3.27. The highest BCUT2D eigenvalue weighted by Gasteiger charge is 2.11. The fraction of sp³-hybridized carbons (Fsp3) is 0.0909. The Morgan fingerprint density at radius 1 is 1.32 bits per heavy atom. The lowest BCUT2D eigenvalue weighted by Crippen LogP contribution is -2.00. The van der Waals surface area contributed by atoms with Crippen molar-refractivity contribution in [2.24, 2.45) is 0 Å². The average Bonchev–Trinajstić information content (AvgIpc) is 2.81. The highest BCUT2D eigenvalue weighted by Crippen LogP contribution is 2.27. The van der Waals surface area contributed by atoms with Crippen molar-refractivity contribution in [1.29, 1.82) is 0 Å². The molecule has 0 atom stereocenters. The molecule has 8 heteroatoms. The smallest absolute Gasteiger partial charge is 0.324 e. The number of anilines is 1. The Labute approximate surface area is 119 Å². The molecule has 0 saturated carbocycles. The maximum absolute atomic E-state index is 13.4. The zero-order chi connectivity index (χ0) is 14.0. The molecule has 0 fully saturated rings. The number of rotatable bonds is 4. The second-order valence-electron chi connectivity index (χ2n) is 3.60. The van der Waals surface area contributed by atoms with Gasteiger partial charge in [0.25, 0.3) is 0 Å². The molecule has 2 aromatic rings. The molecule has 0 aliphatic carbocycles. The van der Waals surface area contributed by atoms with Gasteiger partial charge in [-0.25, -0.2) is 8.78 Å². The van der Waals surface area contributed by atoms with E-state index in [1.54, 1.807) is 6.07 Å². The Bertz CT molecular complexity index is 633. The van der Waals surface area contributed by atoms with E-state index < -0.39 is 16.6 Å². The van der Waals surface area contributed by atoms with Gasteiger partial charge in [-0.2, -0.15) is 0 Å². The van der Waals surface area contributed by atoms with Crippen LogP contribution in [0.25, 0.3) is 0 Å². The first-order valence-electron chi connectivity index (χ1n) is 5.09. The van der Waals surface area contributed by atoms with Gasteiger partial charge in [-0.1, -0.05) is 11.3 Å². The van der Waals surface area contributed by atoms with Crippen LogP contribution >= 0.6 is 27.3 Å². The summed E-state index contributed by atoms with van der Waals surface area (Å²) >= 11 is 3.96. The van der Waals surface area contributed by atoms with Crippen molar-refractivity contribution in [2.45, 2.75) is 6.54 Å². The van der Waals surface area contributed by atoms with Gasteiger partial charge in [-0.05, 0) is 28.1 Å². The molecule has 1 heterocycles. The van der Waals surface area contributed by atoms with E-state index >= 15 is 0 Å². The van der Waals surface area contributed by atoms with Crippen molar-refractivity contribution >= 4 is 38.0 Å². The number of hydrogen-bond acceptors (Lipinski definition) is 4. The molecule has 0 saturated heterocycles. The Morgan fingerprint density at radius 2 is 2.05 bits per heavy atom. The van der Waals surface area contributed by atoms with Gasteiger partial charge in [0.15, 0.2) is 0 Å².